The van der Waals surface area contributed by atoms with Gasteiger partial charge in [0.1, 0.15) is 17.4 Å². The van der Waals surface area contributed by atoms with Gasteiger partial charge in [-0.3, -0.25) is 4.79 Å². The molecule has 0 aliphatic rings. The Morgan fingerprint density at radius 1 is 1.65 bits per heavy atom. The average molecular weight is 258 g/mol. The number of primary amides is 1. The van der Waals surface area contributed by atoms with Gasteiger partial charge in [0, 0.05) is 12.2 Å². The molecule has 0 aliphatic heterocycles. The first-order valence-corrected chi connectivity index (χ1v) is 6.17. The Kier molecular flexibility index (Phi) is 4.53. The van der Waals surface area contributed by atoms with Crippen LogP contribution in [0.1, 0.15) is 30.0 Å². The van der Waals surface area contributed by atoms with Gasteiger partial charge in [-0.1, -0.05) is 0 Å². The molecule has 1 atom stereocenters. The molecule has 0 radical (unpaired) electrons. The van der Waals surface area contributed by atoms with E-state index in [2.05, 4.69) is 15.3 Å². The number of nitrogens with two attached hydrogens (primary N) is 1. The number of aromatic nitrogens is 2. The Morgan fingerprint density at radius 3 is 2.76 bits per heavy atom. The van der Waals surface area contributed by atoms with E-state index in [1.165, 1.54) is 6.20 Å². The van der Waals surface area contributed by atoms with Gasteiger partial charge in [0.2, 0.25) is 0 Å². The SMILES string of the molecule is CC(C)Nc1nc(CS(=O)O)ncc1C(N)=O. The lowest BCUT2D eigenvalue weighted by Crippen LogP contribution is -2.20. The van der Waals surface area contributed by atoms with Gasteiger partial charge in [-0.2, -0.15) is 0 Å². The molecule has 17 heavy (non-hydrogen) atoms. The van der Waals surface area contributed by atoms with E-state index in [4.69, 9.17) is 10.3 Å². The molecule has 0 fully saturated rings. The van der Waals surface area contributed by atoms with Crippen LogP contribution in [0.25, 0.3) is 0 Å². The van der Waals surface area contributed by atoms with Gasteiger partial charge >= 0.3 is 0 Å². The third-order valence-electron chi connectivity index (χ3n) is 1.78. The van der Waals surface area contributed by atoms with Gasteiger partial charge in [0.15, 0.2) is 11.1 Å². The van der Waals surface area contributed by atoms with Crippen molar-refractivity contribution in [2.45, 2.75) is 25.6 Å². The topological polar surface area (TPSA) is 118 Å². The minimum atomic E-state index is -2.02. The van der Waals surface area contributed by atoms with Crippen LogP contribution in [0.15, 0.2) is 6.20 Å². The predicted molar refractivity (Wildman–Crippen MR) is 63.8 cm³/mol. The van der Waals surface area contributed by atoms with E-state index in [-0.39, 0.29) is 29.0 Å². The summed E-state index contributed by atoms with van der Waals surface area (Å²) in [6, 6.07) is 0.0514. The van der Waals surface area contributed by atoms with Crippen LogP contribution in [0.4, 0.5) is 5.82 Å². The number of nitrogens with zero attached hydrogens (tertiary/aromatic N) is 2. The van der Waals surface area contributed by atoms with Crippen molar-refractivity contribution >= 4 is 22.8 Å². The van der Waals surface area contributed by atoms with Crippen molar-refractivity contribution in [3.05, 3.63) is 17.6 Å². The van der Waals surface area contributed by atoms with Gasteiger partial charge in [0.05, 0.1) is 5.56 Å². The normalized spacial score (nSPS) is 12.5. The molecule has 0 spiro atoms. The number of rotatable bonds is 5. The van der Waals surface area contributed by atoms with Crippen LogP contribution in [0.5, 0.6) is 0 Å². The van der Waals surface area contributed by atoms with E-state index < -0.39 is 17.0 Å². The second-order valence-corrected chi connectivity index (χ2v) is 4.61. The molecule has 4 N–H and O–H groups in total. The molecule has 0 bridgehead atoms. The quantitative estimate of drug-likeness (QED) is 0.645. The zero-order valence-corrected chi connectivity index (χ0v) is 10.3. The summed E-state index contributed by atoms with van der Waals surface area (Å²) < 4.78 is 19.4. The predicted octanol–water partition coefficient (Wildman–Crippen LogP) is 0.117. The molecule has 1 unspecified atom stereocenters. The molecule has 0 aromatic carbocycles. The number of hydrogen-bond donors (Lipinski definition) is 3. The second kappa shape index (κ2) is 5.69. The fourth-order valence-electron chi connectivity index (χ4n) is 1.16. The maximum Gasteiger partial charge on any atom is 0.254 e. The number of anilines is 1. The van der Waals surface area contributed by atoms with Crippen molar-refractivity contribution in [3.8, 4) is 0 Å². The number of nitrogens with one attached hydrogen (secondary N) is 1. The molecule has 1 rings (SSSR count). The molecule has 1 amide bonds. The molecule has 1 heterocycles. The highest BCUT2D eigenvalue weighted by molar-refractivity contribution is 7.78. The second-order valence-electron chi connectivity index (χ2n) is 3.68. The van der Waals surface area contributed by atoms with Crippen molar-refractivity contribution in [3.63, 3.8) is 0 Å². The van der Waals surface area contributed by atoms with Crippen LogP contribution < -0.4 is 11.1 Å². The summed E-state index contributed by atoms with van der Waals surface area (Å²) in [5.74, 6) is -0.377. The maximum atomic E-state index is 11.1. The monoisotopic (exact) mass is 258 g/mol. The van der Waals surface area contributed by atoms with Crippen molar-refractivity contribution < 1.29 is 13.6 Å². The smallest absolute Gasteiger partial charge is 0.254 e. The first-order valence-electron chi connectivity index (χ1n) is 4.90. The van der Waals surface area contributed by atoms with Gasteiger partial charge in [-0.25, -0.2) is 14.2 Å². The van der Waals surface area contributed by atoms with E-state index in [1.807, 2.05) is 13.8 Å². The standard InChI is InChI=1S/C9H14N4O3S/c1-5(2)12-9-6(8(10)14)3-11-7(13-9)4-17(15)16/h3,5H,4H2,1-2H3,(H2,10,14)(H,15,16)(H,11,12,13). The summed E-state index contributed by atoms with van der Waals surface area (Å²) in [6.45, 7) is 3.74. The highest BCUT2D eigenvalue weighted by Gasteiger charge is 2.13. The van der Waals surface area contributed by atoms with Gasteiger partial charge < -0.3 is 15.6 Å². The lowest BCUT2D eigenvalue weighted by molar-refractivity contribution is 0.100. The lowest BCUT2D eigenvalue weighted by atomic mass is 10.2. The third kappa shape index (κ3) is 4.08. The number of amides is 1. The zero-order chi connectivity index (χ0) is 13.0. The maximum absolute atomic E-state index is 11.1. The van der Waals surface area contributed by atoms with Crippen molar-refractivity contribution in [2.75, 3.05) is 5.32 Å². The summed E-state index contributed by atoms with van der Waals surface area (Å²) in [5.41, 5.74) is 5.33. The fourth-order valence-corrected chi connectivity index (χ4v) is 1.52. The highest BCUT2D eigenvalue weighted by atomic mass is 32.2. The van der Waals surface area contributed by atoms with Crippen LogP contribution in [0, 0.1) is 0 Å². The van der Waals surface area contributed by atoms with Crippen molar-refractivity contribution in [1.29, 1.82) is 0 Å². The Hall–Kier alpha value is -1.54. The van der Waals surface area contributed by atoms with Gasteiger partial charge in [-0.05, 0) is 13.8 Å². The minimum absolute atomic E-state index is 0.0514. The van der Waals surface area contributed by atoms with Gasteiger partial charge in [-0.15, -0.1) is 0 Å². The van der Waals surface area contributed by atoms with Crippen molar-refractivity contribution in [2.24, 2.45) is 5.73 Å². The molecule has 94 valence electrons. The lowest BCUT2D eigenvalue weighted by Gasteiger charge is -2.12. The van der Waals surface area contributed by atoms with E-state index in [9.17, 15) is 9.00 Å². The Morgan fingerprint density at radius 2 is 2.29 bits per heavy atom. The molecule has 1 aromatic heterocycles. The molecule has 7 nitrogen and oxygen atoms in total. The summed E-state index contributed by atoms with van der Waals surface area (Å²) in [7, 11) is 0. The Labute approximate surface area is 101 Å². The van der Waals surface area contributed by atoms with Crippen LogP contribution in [-0.2, 0) is 16.8 Å². The summed E-state index contributed by atoms with van der Waals surface area (Å²) in [6.07, 6.45) is 1.25. The molecule has 1 aromatic rings. The Bertz CT molecular complexity index is 450. The van der Waals surface area contributed by atoms with Crippen molar-refractivity contribution in [1.82, 2.24) is 9.97 Å². The van der Waals surface area contributed by atoms with Gasteiger partial charge in [0.25, 0.3) is 5.91 Å². The van der Waals surface area contributed by atoms with E-state index in [1.54, 1.807) is 0 Å². The summed E-state index contributed by atoms with van der Waals surface area (Å²) in [4.78, 5) is 18.9. The molecule has 8 heteroatoms. The molecular weight excluding hydrogens is 244 g/mol. The van der Waals surface area contributed by atoms with E-state index in [0.29, 0.717) is 0 Å². The van der Waals surface area contributed by atoms with E-state index >= 15 is 0 Å². The van der Waals surface area contributed by atoms with Crippen LogP contribution in [-0.4, -0.2) is 30.7 Å². The molecule has 0 saturated carbocycles. The van der Waals surface area contributed by atoms with Crippen LogP contribution in [0.3, 0.4) is 0 Å². The molecule has 0 aliphatic carbocycles. The van der Waals surface area contributed by atoms with Crippen LogP contribution >= 0.6 is 0 Å². The molecule has 0 saturated heterocycles. The average Bonchev–Trinajstić information content (AvgIpc) is 2.15. The third-order valence-corrected chi connectivity index (χ3v) is 2.29. The molecular formula is C9H14N4O3S. The van der Waals surface area contributed by atoms with Crippen LogP contribution in [0.2, 0.25) is 0 Å². The number of carbonyl (C=O) groups excluding carboxylic acids is 1. The first kappa shape index (κ1) is 13.5. The minimum Gasteiger partial charge on any atom is -0.367 e. The highest BCUT2D eigenvalue weighted by Crippen LogP contribution is 2.12. The zero-order valence-electron chi connectivity index (χ0n) is 9.51. The fraction of sp³-hybridized carbons (Fsp3) is 0.444. The first-order chi connectivity index (χ1) is 7.90. The number of carbonyl (C=O) groups is 1. The Balaban J connectivity index is 3.09. The summed E-state index contributed by atoms with van der Waals surface area (Å²) >= 11 is -2.02. The summed E-state index contributed by atoms with van der Waals surface area (Å²) in [5, 5.41) is 2.94. The number of hydrogen-bond acceptors (Lipinski definition) is 5. The van der Waals surface area contributed by atoms with E-state index in [0.717, 1.165) is 0 Å². The largest absolute Gasteiger partial charge is 0.367 e.